The molecule has 0 unspecified atom stereocenters. The monoisotopic (exact) mass is 628 g/mol. The van der Waals surface area contributed by atoms with E-state index in [1.54, 1.807) is 0 Å². The summed E-state index contributed by atoms with van der Waals surface area (Å²) in [5.41, 5.74) is 9.80. The van der Waals surface area contributed by atoms with E-state index in [0.717, 1.165) is 19.4 Å². The fourth-order valence-corrected chi connectivity index (χ4v) is 4.51. The van der Waals surface area contributed by atoms with Crippen molar-refractivity contribution in [1.82, 2.24) is 14.4 Å². The molecule has 0 amide bonds. The zero-order valence-corrected chi connectivity index (χ0v) is 32.6. The molecule has 6 rings (SSSR count). The van der Waals surface area contributed by atoms with Crippen LogP contribution >= 0.6 is 0 Å². The molecule has 0 bridgehead atoms. The predicted octanol–water partition coefficient (Wildman–Crippen LogP) is 12.0. The molecule has 0 radical (unpaired) electrons. The Bertz CT molecular complexity index is 1400. The van der Waals surface area contributed by atoms with Crippen LogP contribution in [0.2, 0.25) is 0 Å². The second-order valence-corrected chi connectivity index (χ2v) is 10.5. The molecule has 0 saturated carbocycles. The summed E-state index contributed by atoms with van der Waals surface area (Å²) in [4.78, 5) is 4.12. The summed E-state index contributed by atoms with van der Waals surface area (Å²) in [5, 5.41) is 2.71. The van der Waals surface area contributed by atoms with Gasteiger partial charge in [-0.25, -0.2) is 0 Å². The lowest BCUT2D eigenvalue weighted by Gasteiger charge is -2.00. The number of aryl methyl sites for hydroxylation is 2. The van der Waals surface area contributed by atoms with E-state index in [4.69, 9.17) is 0 Å². The van der Waals surface area contributed by atoms with Crippen molar-refractivity contribution >= 4 is 21.8 Å². The topological polar surface area (TPSA) is 11.4 Å². The van der Waals surface area contributed by atoms with E-state index in [0.29, 0.717) is 0 Å². The van der Waals surface area contributed by atoms with Gasteiger partial charge in [0.1, 0.15) is 0 Å². The van der Waals surface area contributed by atoms with E-state index >= 15 is 0 Å². The van der Waals surface area contributed by atoms with Crippen LogP contribution < -0.4 is 0 Å². The van der Waals surface area contributed by atoms with Crippen LogP contribution in [0, 0.1) is 0 Å². The predicted molar refractivity (Wildman–Crippen MR) is 214 cm³/mol. The standard InChI is InChI=1S/C15H15N.C13H10.C4H11N.C3H9N.4C2H6/c1-3-11-8-9-13-12-6-4-5-7-14(12)16(2)15(13)10-11;1-3-7-12-10(5-1)9-11-6-2-4-8-13(11)12;1-4-5(2)3;1-4(2)3;4*1-2/h4-10H,3H2,1-2H3;1-8H,9H2;4H2,1-3H3;1-3H3;4*1-2H3. The molecule has 1 aliphatic rings. The molecule has 1 heterocycles. The van der Waals surface area contributed by atoms with Crippen LogP contribution in [-0.4, -0.2) is 56.2 Å². The highest BCUT2D eigenvalue weighted by atomic mass is 15.0. The van der Waals surface area contributed by atoms with Gasteiger partial charge in [0.25, 0.3) is 0 Å². The molecule has 5 aromatic rings. The van der Waals surface area contributed by atoms with Crippen molar-refractivity contribution in [2.24, 2.45) is 7.05 Å². The Morgan fingerprint density at radius 2 is 0.935 bits per heavy atom. The molecule has 1 aromatic heterocycles. The second kappa shape index (κ2) is 26.8. The van der Waals surface area contributed by atoms with Crippen LogP contribution in [0.15, 0.2) is 91.0 Å². The maximum Gasteiger partial charge on any atom is 0.0491 e. The lowest BCUT2D eigenvalue weighted by molar-refractivity contribution is 0.434. The van der Waals surface area contributed by atoms with Gasteiger partial charge in [-0.2, -0.15) is 0 Å². The Morgan fingerprint density at radius 3 is 1.37 bits per heavy atom. The minimum Gasteiger partial charge on any atom is -0.344 e. The third-order valence-electron chi connectivity index (χ3n) is 6.73. The van der Waals surface area contributed by atoms with Crippen molar-refractivity contribution in [2.45, 2.75) is 82.1 Å². The van der Waals surface area contributed by atoms with Gasteiger partial charge in [0.15, 0.2) is 0 Å². The molecule has 1 aliphatic carbocycles. The quantitative estimate of drug-likeness (QED) is 0.189. The first kappa shape index (κ1) is 44.7. The SMILES string of the molecule is CC.CC.CC.CC.CCN(C)C.CCc1ccc2c3ccccc3n(C)c2c1.CN(C)C.c1ccc2c(c1)Cc1ccccc1-2. The van der Waals surface area contributed by atoms with Crippen LogP contribution in [0.3, 0.4) is 0 Å². The zero-order valence-electron chi connectivity index (χ0n) is 32.6. The van der Waals surface area contributed by atoms with E-state index in [9.17, 15) is 0 Å². The fraction of sp³-hybridized carbons (Fsp3) is 0.442. The molecule has 256 valence electrons. The fourth-order valence-electron chi connectivity index (χ4n) is 4.51. The Kier molecular flexibility index (Phi) is 26.0. The van der Waals surface area contributed by atoms with Gasteiger partial charge in [-0.3, -0.25) is 0 Å². The van der Waals surface area contributed by atoms with Gasteiger partial charge in [-0.15, -0.1) is 0 Å². The number of aromatic nitrogens is 1. The molecular weight excluding hydrogens is 558 g/mol. The number of para-hydroxylation sites is 1. The van der Waals surface area contributed by atoms with E-state index in [-0.39, 0.29) is 0 Å². The van der Waals surface area contributed by atoms with Crippen molar-refractivity contribution in [3.05, 3.63) is 108 Å². The van der Waals surface area contributed by atoms with Gasteiger partial charge in [0, 0.05) is 28.9 Å². The number of rotatable bonds is 2. The van der Waals surface area contributed by atoms with Crippen LogP contribution in [-0.2, 0) is 19.9 Å². The highest BCUT2D eigenvalue weighted by Gasteiger charge is 2.15. The first-order chi connectivity index (χ1) is 22.3. The van der Waals surface area contributed by atoms with Gasteiger partial charge in [0.05, 0.1) is 0 Å². The molecule has 3 nitrogen and oxygen atoms in total. The van der Waals surface area contributed by atoms with Crippen molar-refractivity contribution < 1.29 is 0 Å². The van der Waals surface area contributed by atoms with Gasteiger partial charge < -0.3 is 14.4 Å². The van der Waals surface area contributed by atoms with Crippen LogP contribution in [0.1, 0.15) is 85.9 Å². The highest BCUT2D eigenvalue weighted by molar-refractivity contribution is 6.08. The maximum absolute atomic E-state index is 2.30. The average Bonchev–Trinajstić information content (AvgIpc) is 3.63. The molecule has 0 fully saturated rings. The molecule has 4 aromatic carbocycles. The summed E-state index contributed by atoms with van der Waals surface area (Å²) < 4.78 is 2.28. The lowest BCUT2D eigenvalue weighted by atomic mass is 10.1. The summed E-state index contributed by atoms with van der Waals surface area (Å²) >= 11 is 0. The zero-order chi connectivity index (χ0) is 35.7. The smallest absolute Gasteiger partial charge is 0.0491 e. The molecule has 0 N–H and O–H groups in total. The van der Waals surface area contributed by atoms with E-state index < -0.39 is 0 Å². The summed E-state index contributed by atoms with van der Waals surface area (Å²) in [7, 11) is 12.3. The molecular formula is C43H69N3. The third-order valence-corrected chi connectivity index (χ3v) is 6.73. The second-order valence-electron chi connectivity index (χ2n) is 10.5. The Balaban J connectivity index is 0. The summed E-state index contributed by atoms with van der Waals surface area (Å²) in [6.45, 7) is 21.5. The molecule has 0 saturated heterocycles. The molecule has 0 aliphatic heterocycles. The molecule has 3 heteroatoms. The van der Waals surface area contributed by atoms with Crippen molar-refractivity contribution in [3.8, 4) is 11.1 Å². The van der Waals surface area contributed by atoms with Crippen LogP contribution in [0.25, 0.3) is 32.9 Å². The summed E-state index contributed by atoms with van der Waals surface area (Å²) in [6, 6.07) is 32.7. The van der Waals surface area contributed by atoms with Crippen LogP contribution in [0.4, 0.5) is 0 Å². The number of hydrogen-bond donors (Lipinski definition) is 0. The van der Waals surface area contributed by atoms with Gasteiger partial charge in [-0.1, -0.05) is 148 Å². The molecule has 0 spiro atoms. The van der Waals surface area contributed by atoms with Crippen molar-refractivity contribution in [2.75, 3.05) is 41.8 Å². The first-order valence-corrected chi connectivity index (χ1v) is 17.6. The maximum atomic E-state index is 2.30. The van der Waals surface area contributed by atoms with E-state index in [1.165, 1.54) is 49.6 Å². The van der Waals surface area contributed by atoms with E-state index in [2.05, 4.69) is 135 Å². The van der Waals surface area contributed by atoms with Gasteiger partial charge in [0.2, 0.25) is 0 Å². The minimum absolute atomic E-state index is 1.09. The lowest BCUT2D eigenvalue weighted by Crippen LogP contribution is -2.08. The first-order valence-electron chi connectivity index (χ1n) is 17.6. The molecule has 0 atom stereocenters. The Hall–Kier alpha value is -3.40. The van der Waals surface area contributed by atoms with Crippen LogP contribution in [0.5, 0.6) is 0 Å². The molecule has 46 heavy (non-hydrogen) atoms. The van der Waals surface area contributed by atoms with Crippen molar-refractivity contribution in [1.29, 1.82) is 0 Å². The normalized spacial score (nSPS) is 9.78. The summed E-state index contributed by atoms with van der Waals surface area (Å²) in [6.07, 6.45) is 2.20. The highest BCUT2D eigenvalue weighted by Crippen LogP contribution is 2.35. The third kappa shape index (κ3) is 14.4. The van der Waals surface area contributed by atoms with E-state index in [1.807, 2.05) is 81.4 Å². The van der Waals surface area contributed by atoms with Gasteiger partial charge >= 0.3 is 0 Å². The number of benzene rings is 4. The number of nitrogens with zero attached hydrogens (tertiary/aromatic N) is 3. The number of fused-ring (bicyclic) bond motifs is 6. The minimum atomic E-state index is 1.09. The number of hydrogen-bond acceptors (Lipinski definition) is 2. The largest absolute Gasteiger partial charge is 0.344 e. The average molecular weight is 628 g/mol. The Labute approximate surface area is 285 Å². The Morgan fingerprint density at radius 1 is 0.543 bits per heavy atom. The van der Waals surface area contributed by atoms with Gasteiger partial charge in [-0.05, 0) is 94.6 Å². The van der Waals surface area contributed by atoms with Crippen molar-refractivity contribution in [3.63, 3.8) is 0 Å². The summed E-state index contributed by atoms with van der Waals surface area (Å²) in [5.74, 6) is 0.